The van der Waals surface area contributed by atoms with Crippen LogP contribution in [-0.4, -0.2) is 22.1 Å². The molecule has 0 amide bonds. The summed E-state index contributed by atoms with van der Waals surface area (Å²) < 4.78 is 43.3. The van der Waals surface area contributed by atoms with E-state index in [-0.39, 0.29) is 0 Å². The molecule has 0 N–H and O–H groups in total. The Morgan fingerprint density at radius 2 is 1.71 bits per heavy atom. The van der Waals surface area contributed by atoms with Crippen molar-refractivity contribution in [1.29, 1.82) is 0 Å². The van der Waals surface area contributed by atoms with Crippen molar-refractivity contribution in [1.82, 2.24) is 15.0 Å². The zero-order valence-electron chi connectivity index (χ0n) is 12.6. The van der Waals surface area contributed by atoms with Gasteiger partial charge in [0.05, 0.1) is 18.9 Å². The van der Waals surface area contributed by atoms with Crippen molar-refractivity contribution >= 4 is 0 Å². The highest BCUT2D eigenvalue weighted by molar-refractivity contribution is 5.69. The van der Waals surface area contributed by atoms with Crippen LogP contribution in [0.25, 0.3) is 22.6 Å². The number of methoxy groups -OCH3 is 1. The number of hydrogen-bond acceptors (Lipinski definition) is 4. The molecule has 0 aliphatic rings. The molecule has 0 radical (unpaired) electrons. The van der Waals surface area contributed by atoms with Crippen molar-refractivity contribution in [2.45, 2.75) is 6.18 Å². The molecule has 4 nitrogen and oxygen atoms in total. The van der Waals surface area contributed by atoms with Crippen molar-refractivity contribution in [2.75, 3.05) is 7.11 Å². The van der Waals surface area contributed by atoms with Gasteiger partial charge in [-0.1, -0.05) is 12.1 Å². The van der Waals surface area contributed by atoms with Gasteiger partial charge in [-0.15, -0.1) is 0 Å². The van der Waals surface area contributed by atoms with Gasteiger partial charge in [0.25, 0.3) is 0 Å². The minimum absolute atomic E-state index is 0.377. The minimum atomic E-state index is -4.38. The van der Waals surface area contributed by atoms with Gasteiger partial charge in [0, 0.05) is 23.5 Å². The zero-order chi connectivity index (χ0) is 17.2. The van der Waals surface area contributed by atoms with Crippen molar-refractivity contribution in [3.63, 3.8) is 0 Å². The molecule has 0 spiro atoms. The second-order valence-corrected chi connectivity index (χ2v) is 4.93. The SMILES string of the molecule is COc1cnc(-c2cccnc2)nc1-c1ccc(C(F)(F)F)cc1. The third-order valence-electron chi connectivity index (χ3n) is 3.38. The molecular formula is C17H12F3N3O. The molecule has 2 aromatic heterocycles. The minimum Gasteiger partial charge on any atom is -0.493 e. The molecule has 122 valence electrons. The van der Waals surface area contributed by atoms with Crippen LogP contribution in [0.15, 0.2) is 55.0 Å². The van der Waals surface area contributed by atoms with Gasteiger partial charge in [0.1, 0.15) is 5.69 Å². The molecule has 24 heavy (non-hydrogen) atoms. The van der Waals surface area contributed by atoms with E-state index in [0.717, 1.165) is 12.1 Å². The number of hydrogen-bond donors (Lipinski definition) is 0. The van der Waals surface area contributed by atoms with Crippen LogP contribution in [0.1, 0.15) is 5.56 Å². The molecule has 0 bridgehead atoms. The van der Waals surface area contributed by atoms with Gasteiger partial charge in [-0.05, 0) is 24.3 Å². The highest BCUT2D eigenvalue weighted by Crippen LogP contribution is 2.33. The smallest absolute Gasteiger partial charge is 0.416 e. The summed E-state index contributed by atoms with van der Waals surface area (Å²) in [6, 6.07) is 8.30. The first-order chi connectivity index (χ1) is 11.5. The molecule has 7 heteroatoms. The van der Waals surface area contributed by atoms with E-state index < -0.39 is 11.7 Å². The Kier molecular flexibility index (Phi) is 4.16. The second-order valence-electron chi connectivity index (χ2n) is 4.93. The van der Waals surface area contributed by atoms with Gasteiger partial charge in [0.15, 0.2) is 11.6 Å². The molecule has 0 aliphatic heterocycles. The van der Waals surface area contributed by atoms with Crippen LogP contribution in [0.3, 0.4) is 0 Å². The first-order valence-electron chi connectivity index (χ1n) is 6.98. The van der Waals surface area contributed by atoms with Crippen LogP contribution in [-0.2, 0) is 6.18 Å². The van der Waals surface area contributed by atoms with Gasteiger partial charge >= 0.3 is 6.18 Å². The summed E-state index contributed by atoms with van der Waals surface area (Å²) in [5, 5.41) is 0. The van der Waals surface area contributed by atoms with Crippen LogP contribution < -0.4 is 4.74 Å². The lowest BCUT2D eigenvalue weighted by atomic mass is 10.1. The predicted molar refractivity (Wildman–Crippen MR) is 82.3 cm³/mol. The predicted octanol–water partition coefficient (Wildman–Crippen LogP) is 4.23. The Hall–Kier alpha value is -2.96. The lowest BCUT2D eigenvalue weighted by Gasteiger charge is -2.11. The third-order valence-corrected chi connectivity index (χ3v) is 3.38. The Balaban J connectivity index is 2.06. The average Bonchev–Trinajstić information content (AvgIpc) is 2.61. The van der Waals surface area contributed by atoms with Crippen LogP contribution in [0, 0.1) is 0 Å². The van der Waals surface area contributed by atoms with Crippen LogP contribution in [0.5, 0.6) is 5.75 Å². The molecule has 2 heterocycles. The monoisotopic (exact) mass is 331 g/mol. The molecule has 0 saturated heterocycles. The molecule has 1 aromatic carbocycles. The number of benzene rings is 1. The standard InChI is InChI=1S/C17H12F3N3O/c1-24-14-10-22-16(12-3-2-8-21-9-12)23-15(14)11-4-6-13(7-5-11)17(18,19)20/h2-10H,1H3. The van der Waals surface area contributed by atoms with E-state index in [4.69, 9.17) is 4.74 Å². The van der Waals surface area contributed by atoms with E-state index >= 15 is 0 Å². The molecule has 3 rings (SSSR count). The van der Waals surface area contributed by atoms with Crippen LogP contribution >= 0.6 is 0 Å². The second kappa shape index (κ2) is 6.27. The van der Waals surface area contributed by atoms with E-state index in [0.29, 0.717) is 28.4 Å². The first kappa shape index (κ1) is 15.9. The quantitative estimate of drug-likeness (QED) is 0.720. The van der Waals surface area contributed by atoms with Gasteiger partial charge in [0.2, 0.25) is 0 Å². The molecule has 3 aromatic rings. The van der Waals surface area contributed by atoms with Gasteiger partial charge in [-0.25, -0.2) is 9.97 Å². The average molecular weight is 331 g/mol. The van der Waals surface area contributed by atoms with Crippen molar-refractivity contribution < 1.29 is 17.9 Å². The van der Waals surface area contributed by atoms with Gasteiger partial charge in [-0.2, -0.15) is 13.2 Å². The van der Waals surface area contributed by atoms with E-state index in [2.05, 4.69) is 15.0 Å². The fourth-order valence-corrected chi connectivity index (χ4v) is 2.18. The highest BCUT2D eigenvalue weighted by atomic mass is 19.4. The fourth-order valence-electron chi connectivity index (χ4n) is 2.18. The summed E-state index contributed by atoms with van der Waals surface area (Å²) >= 11 is 0. The number of alkyl halides is 3. The summed E-state index contributed by atoms with van der Waals surface area (Å²) in [6.07, 6.45) is 0.347. The van der Waals surface area contributed by atoms with Crippen LogP contribution in [0.2, 0.25) is 0 Å². The zero-order valence-corrected chi connectivity index (χ0v) is 12.6. The fraction of sp³-hybridized carbons (Fsp3) is 0.118. The van der Waals surface area contributed by atoms with E-state index in [1.165, 1.54) is 25.4 Å². The molecule has 0 unspecified atom stereocenters. The third kappa shape index (κ3) is 3.19. The molecule has 0 fully saturated rings. The number of nitrogens with zero attached hydrogens (tertiary/aromatic N) is 3. The van der Waals surface area contributed by atoms with E-state index in [1.807, 2.05) is 0 Å². The van der Waals surface area contributed by atoms with E-state index in [9.17, 15) is 13.2 Å². The van der Waals surface area contributed by atoms with Gasteiger partial charge in [-0.3, -0.25) is 4.98 Å². The highest BCUT2D eigenvalue weighted by Gasteiger charge is 2.30. The maximum Gasteiger partial charge on any atom is 0.416 e. The molecule has 0 aliphatic carbocycles. The van der Waals surface area contributed by atoms with Crippen molar-refractivity contribution in [3.05, 3.63) is 60.6 Å². The summed E-state index contributed by atoms with van der Waals surface area (Å²) in [4.78, 5) is 12.6. The number of pyridine rings is 1. The molecular weight excluding hydrogens is 319 g/mol. The van der Waals surface area contributed by atoms with Gasteiger partial charge < -0.3 is 4.74 Å². The van der Waals surface area contributed by atoms with Crippen LogP contribution in [0.4, 0.5) is 13.2 Å². The molecule has 0 atom stereocenters. The lowest BCUT2D eigenvalue weighted by molar-refractivity contribution is -0.137. The summed E-state index contributed by atoms with van der Waals surface area (Å²) in [5.74, 6) is 0.793. The summed E-state index contributed by atoms with van der Waals surface area (Å²) in [7, 11) is 1.45. The number of aromatic nitrogens is 3. The number of rotatable bonds is 3. The van der Waals surface area contributed by atoms with E-state index in [1.54, 1.807) is 24.5 Å². The van der Waals surface area contributed by atoms with Crippen molar-refractivity contribution in [3.8, 4) is 28.4 Å². The first-order valence-corrected chi connectivity index (χ1v) is 6.98. The Morgan fingerprint density at radius 3 is 2.29 bits per heavy atom. The lowest BCUT2D eigenvalue weighted by Crippen LogP contribution is -2.04. The number of halogens is 3. The Bertz CT molecular complexity index is 834. The topological polar surface area (TPSA) is 47.9 Å². The molecule has 0 saturated carbocycles. The largest absolute Gasteiger partial charge is 0.493 e. The van der Waals surface area contributed by atoms with Crippen molar-refractivity contribution in [2.24, 2.45) is 0 Å². The summed E-state index contributed by atoms with van der Waals surface area (Å²) in [6.45, 7) is 0. The summed E-state index contributed by atoms with van der Waals surface area (Å²) in [5.41, 5.74) is 0.910. The Morgan fingerprint density at radius 1 is 0.958 bits per heavy atom. The normalized spacial score (nSPS) is 11.3. The maximum absolute atomic E-state index is 12.7. The Labute approximate surface area is 136 Å². The maximum atomic E-state index is 12.7. The number of ether oxygens (including phenoxy) is 1.